The summed E-state index contributed by atoms with van der Waals surface area (Å²) in [5.41, 5.74) is 0. The number of fused-ring (bicyclic) bond motifs is 1. The van der Waals surface area contributed by atoms with E-state index in [0.717, 1.165) is 19.3 Å². The Labute approximate surface area is 97.8 Å². The molecule has 2 aliphatic rings. The molecule has 2 fully saturated rings. The summed E-state index contributed by atoms with van der Waals surface area (Å²) < 4.78 is 28.4. The molecule has 94 valence electrons. The maximum absolute atomic E-state index is 14.2. The highest BCUT2D eigenvalue weighted by atomic mass is 19.3. The lowest BCUT2D eigenvalue weighted by Crippen LogP contribution is -2.44. The first-order valence-electron chi connectivity index (χ1n) is 6.91. The first-order chi connectivity index (χ1) is 7.53. The summed E-state index contributed by atoms with van der Waals surface area (Å²) in [6, 6.07) is 0. The molecular formula is C14H24F2. The Balaban J connectivity index is 2.13. The van der Waals surface area contributed by atoms with Crippen molar-refractivity contribution in [1.29, 1.82) is 0 Å². The summed E-state index contributed by atoms with van der Waals surface area (Å²) in [5, 5.41) is 0. The number of hydrogen-bond acceptors (Lipinski definition) is 0. The van der Waals surface area contributed by atoms with Crippen LogP contribution in [0.25, 0.3) is 0 Å². The third-order valence-electron chi connectivity index (χ3n) is 4.84. The van der Waals surface area contributed by atoms with Gasteiger partial charge in [-0.1, -0.05) is 46.0 Å². The highest BCUT2D eigenvalue weighted by molar-refractivity contribution is 4.92. The van der Waals surface area contributed by atoms with Crippen molar-refractivity contribution in [3.63, 3.8) is 0 Å². The molecule has 0 nitrogen and oxygen atoms in total. The lowest BCUT2D eigenvalue weighted by molar-refractivity contribution is -0.142. The Morgan fingerprint density at radius 3 is 2.25 bits per heavy atom. The second-order valence-electron chi connectivity index (χ2n) is 6.08. The van der Waals surface area contributed by atoms with Gasteiger partial charge in [0.1, 0.15) is 0 Å². The maximum atomic E-state index is 14.2. The van der Waals surface area contributed by atoms with Gasteiger partial charge in [0.25, 0.3) is 5.92 Å². The van der Waals surface area contributed by atoms with E-state index in [0.29, 0.717) is 11.8 Å². The van der Waals surface area contributed by atoms with Gasteiger partial charge in [0.15, 0.2) is 0 Å². The zero-order valence-electron chi connectivity index (χ0n) is 10.5. The van der Waals surface area contributed by atoms with Gasteiger partial charge in [-0.05, 0) is 24.7 Å². The molecule has 0 radical (unpaired) electrons. The van der Waals surface area contributed by atoms with Gasteiger partial charge in [0.2, 0.25) is 0 Å². The van der Waals surface area contributed by atoms with Gasteiger partial charge in [-0.25, -0.2) is 8.78 Å². The molecule has 0 heterocycles. The molecule has 16 heavy (non-hydrogen) atoms. The van der Waals surface area contributed by atoms with E-state index in [-0.39, 0.29) is 5.92 Å². The average molecular weight is 230 g/mol. The van der Waals surface area contributed by atoms with Crippen molar-refractivity contribution in [3.05, 3.63) is 0 Å². The van der Waals surface area contributed by atoms with Crippen LogP contribution in [0.2, 0.25) is 0 Å². The van der Waals surface area contributed by atoms with Gasteiger partial charge >= 0.3 is 0 Å². The molecule has 2 saturated carbocycles. The lowest BCUT2D eigenvalue weighted by Gasteiger charge is -2.45. The van der Waals surface area contributed by atoms with Crippen molar-refractivity contribution in [2.75, 3.05) is 0 Å². The first-order valence-corrected chi connectivity index (χ1v) is 6.91. The maximum Gasteiger partial charge on any atom is 0.253 e. The third-order valence-corrected chi connectivity index (χ3v) is 4.84. The summed E-state index contributed by atoms with van der Waals surface area (Å²) in [7, 11) is 0. The van der Waals surface area contributed by atoms with Gasteiger partial charge in [-0.3, -0.25) is 0 Å². The number of rotatable bonds is 2. The van der Waals surface area contributed by atoms with E-state index in [1.807, 2.05) is 0 Å². The van der Waals surface area contributed by atoms with E-state index in [1.54, 1.807) is 13.8 Å². The van der Waals surface area contributed by atoms with E-state index in [1.165, 1.54) is 25.7 Å². The Morgan fingerprint density at radius 2 is 1.56 bits per heavy atom. The molecule has 0 aromatic rings. The minimum Gasteiger partial charge on any atom is -0.206 e. The molecule has 0 saturated heterocycles. The molecule has 0 aliphatic heterocycles. The van der Waals surface area contributed by atoms with Crippen molar-refractivity contribution < 1.29 is 8.78 Å². The monoisotopic (exact) mass is 230 g/mol. The molecule has 3 atom stereocenters. The molecule has 2 rings (SSSR count). The SMILES string of the molecule is CC(C)C(F)(F)C1CCCC2CCCCC21. The number of hydrogen-bond donors (Lipinski definition) is 0. The molecule has 0 N–H and O–H groups in total. The molecule has 3 unspecified atom stereocenters. The fourth-order valence-electron chi connectivity index (χ4n) is 3.84. The number of halogens is 2. The second kappa shape index (κ2) is 4.62. The highest BCUT2D eigenvalue weighted by Gasteiger charge is 2.49. The van der Waals surface area contributed by atoms with E-state index in [2.05, 4.69) is 0 Å². The fourth-order valence-corrected chi connectivity index (χ4v) is 3.84. The van der Waals surface area contributed by atoms with E-state index < -0.39 is 11.8 Å². The van der Waals surface area contributed by atoms with E-state index in [4.69, 9.17) is 0 Å². The largest absolute Gasteiger partial charge is 0.253 e. The lowest BCUT2D eigenvalue weighted by atomic mass is 9.62. The van der Waals surface area contributed by atoms with E-state index in [9.17, 15) is 8.78 Å². The zero-order valence-corrected chi connectivity index (χ0v) is 10.5. The summed E-state index contributed by atoms with van der Waals surface area (Å²) in [6.07, 6.45) is 7.68. The Bertz CT molecular complexity index is 233. The normalized spacial score (nSPS) is 36.2. The van der Waals surface area contributed by atoms with Gasteiger partial charge in [0, 0.05) is 11.8 Å². The first kappa shape index (κ1) is 12.3. The topological polar surface area (TPSA) is 0 Å². The van der Waals surface area contributed by atoms with Crippen LogP contribution in [0.15, 0.2) is 0 Å². The Morgan fingerprint density at radius 1 is 0.938 bits per heavy atom. The molecular weight excluding hydrogens is 206 g/mol. The van der Waals surface area contributed by atoms with Crippen LogP contribution < -0.4 is 0 Å². The third kappa shape index (κ3) is 2.12. The Hall–Kier alpha value is -0.140. The molecule has 0 aromatic carbocycles. The van der Waals surface area contributed by atoms with Gasteiger partial charge in [-0.2, -0.15) is 0 Å². The van der Waals surface area contributed by atoms with Crippen molar-refractivity contribution in [2.24, 2.45) is 23.7 Å². The van der Waals surface area contributed by atoms with Crippen LogP contribution in [0, 0.1) is 23.7 Å². The fraction of sp³-hybridized carbons (Fsp3) is 1.00. The second-order valence-corrected chi connectivity index (χ2v) is 6.08. The van der Waals surface area contributed by atoms with Crippen LogP contribution in [0.3, 0.4) is 0 Å². The zero-order chi connectivity index (χ0) is 11.8. The van der Waals surface area contributed by atoms with Gasteiger partial charge < -0.3 is 0 Å². The molecule has 0 aromatic heterocycles. The van der Waals surface area contributed by atoms with Crippen molar-refractivity contribution in [1.82, 2.24) is 0 Å². The summed E-state index contributed by atoms with van der Waals surface area (Å²) >= 11 is 0. The highest BCUT2D eigenvalue weighted by Crippen LogP contribution is 2.51. The van der Waals surface area contributed by atoms with Crippen LogP contribution in [-0.4, -0.2) is 5.92 Å². The van der Waals surface area contributed by atoms with E-state index >= 15 is 0 Å². The standard InChI is InChI=1S/C14H24F2/c1-10(2)14(15,16)13-9-5-7-11-6-3-4-8-12(11)13/h10-13H,3-9H2,1-2H3. The minimum atomic E-state index is -2.44. The quantitative estimate of drug-likeness (QED) is 0.634. The summed E-state index contributed by atoms with van der Waals surface area (Å²) in [6.45, 7) is 3.35. The predicted octanol–water partition coefficient (Wildman–Crippen LogP) is 4.88. The molecule has 2 heteroatoms. The average Bonchev–Trinajstić information content (AvgIpc) is 2.28. The molecule has 0 bridgehead atoms. The van der Waals surface area contributed by atoms with Gasteiger partial charge in [0.05, 0.1) is 0 Å². The van der Waals surface area contributed by atoms with Crippen LogP contribution in [0.1, 0.15) is 58.8 Å². The minimum absolute atomic E-state index is 0.319. The van der Waals surface area contributed by atoms with Crippen LogP contribution >= 0.6 is 0 Å². The molecule has 0 amide bonds. The van der Waals surface area contributed by atoms with Crippen LogP contribution in [0.4, 0.5) is 8.78 Å². The van der Waals surface area contributed by atoms with Crippen molar-refractivity contribution in [2.45, 2.75) is 64.7 Å². The predicted molar refractivity (Wildman–Crippen MR) is 62.6 cm³/mol. The summed E-state index contributed by atoms with van der Waals surface area (Å²) in [4.78, 5) is 0. The molecule has 2 aliphatic carbocycles. The van der Waals surface area contributed by atoms with Crippen molar-refractivity contribution in [3.8, 4) is 0 Å². The van der Waals surface area contributed by atoms with Crippen LogP contribution in [0.5, 0.6) is 0 Å². The smallest absolute Gasteiger partial charge is 0.206 e. The van der Waals surface area contributed by atoms with Crippen molar-refractivity contribution >= 4 is 0 Å². The van der Waals surface area contributed by atoms with Crippen LogP contribution in [-0.2, 0) is 0 Å². The number of alkyl halides is 2. The summed E-state index contributed by atoms with van der Waals surface area (Å²) in [5.74, 6) is -2.34. The molecule has 0 spiro atoms. The van der Waals surface area contributed by atoms with Gasteiger partial charge in [-0.15, -0.1) is 0 Å². The Kier molecular flexibility index (Phi) is 3.56.